The van der Waals surface area contributed by atoms with E-state index in [0.717, 1.165) is 21.8 Å². The highest BCUT2D eigenvalue weighted by Gasteiger charge is 2.36. The van der Waals surface area contributed by atoms with Crippen molar-refractivity contribution in [2.75, 3.05) is 17.3 Å². The highest BCUT2D eigenvalue weighted by Crippen LogP contribution is 2.39. The third-order valence-corrected chi connectivity index (χ3v) is 6.46. The van der Waals surface area contributed by atoms with Crippen LogP contribution in [0.4, 0.5) is 11.4 Å². The minimum Gasteiger partial charge on any atom is -0.464 e. The van der Waals surface area contributed by atoms with Gasteiger partial charge in [-0.05, 0) is 48.5 Å². The zero-order chi connectivity index (χ0) is 24.1. The van der Waals surface area contributed by atoms with Crippen LogP contribution in [0.25, 0.3) is 21.8 Å². The summed E-state index contributed by atoms with van der Waals surface area (Å²) in [7, 11) is 1.32. The lowest BCUT2D eigenvalue weighted by Gasteiger charge is -2.37. The number of pyridine rings is 1. The van der Waals surface area contributed by atoms with E-state index >= 15 is 0 Å². The van der Waals surface area contributed by atoms with Crippen LogP contribution in [0, 0.1) is 0 Å². The molecule has 1 atom stereocenters. The average molecular weight is 483 g/mol. The summed E-state index contributed by atoms with van der Waals surface area (Å²) in [5.41, 5.74) is 4.13. The van der Waals surface area contributed by atoms with E-state index in [1.807, 2.05) is 42.5 Å². The number of methoxy groups -OCH3 is 1. The van der Waals surface area contributed by atoms with E-state index in [1.165, 1.54) is 7.11 Å². The van der Waals surface area contributed by atoms with Gasteiger partial charge in [-0.1, -0.05) is 41.9 Å². The molecule has 172 valence electrons. The Labute approximate surface area is 205 Å². The summed E-state index contributed by atoms with van der Waals surface area (Å²) < 4.78 is 4.99. The molecule has 2 N–H and O–H groups in total. The van der Waals surface area contributed by atoms with E-state index in [9.17, 15) is 9.59 Å². The van der Waals surface area contributed by atoms with Crippen molar-refractivity contribution in [2.24, 2.45) is 0 Å². The van der Waals surface area contributed by atoms with Gasteiger partial charge in [0.1, 0.15) is 11.4 Å². The summed E-state index contributed by atoms with van der Waals surface area (Å²) in [4.78, 5) is 36.2. The summed E-state index contributed by atoms with van der Waals surface area (Å²) in [6.45, 7) is 0. The molecule has 2 aromatic heterocycles. The number of carbonyl (C=O) groups excluding carboxylic acids is 2. The molecule has 0 bridgehead atoms. The number of amides is 1. The van der Waals surface area contributed by atoms with E-state index < -0.39 is 12.1 Å². The van der Waals surface area contributed by atoms with Gasteiger partial charge in [-0.2, -0.15) is 0 Å². The van der Waals surface area contributed by atoms with Crippen LogP contribution in [0.3, 0.4) is 0 Å². The number of carbonyl (C=O) groups is 2. The molecule has 8 heteroatoms. The fourth-order valence-electron chi connectivity index (χ4n) is 4.59. The number of benzene rings is 3. The maximum Gasteiger partial charge on any atom is 0.356 e. The third kappa shape index (κ3) is 3.40. The summed E-state index contributed by atoms with van der Waals surface area (Å²) in [5.74, 6) is -0.750. The van der Waals surface area contributed by atoms with Gasteiger partial charge in [0, 0.05) is 32.7 Å². The van der Waals surface area contributed by atoms with Gasteiger partial charge in [0.05, 0.1) is 18.2 Å². The molecule has 1 aliphatic rings. The summed E-state index contributed by atoms with van der Waals surface area (Å²) in [6, 6.07) is 23.9. The lowest BCUT2D eigenvalue weighted by molar-refractivity contribution is 0.0594. The molecule has 1 aliphatic heterocycles. The van der Waals surface area contributed by atoms with E-state index in [-0.39, 0.29) is 11.6 Å². The number of rotatable bonds is 3. The minimum absolute atomic E-state index is 0.156. The fourth-order valence-corrected chi connectivity index (χ4v) is 4.72. The molecule has 1 unspecified atom stereocenters. The van der Waals surface area contributed by atoms with Crippen molar-refractivity contribution < 1.29 is 14.3 Å². The van der Waals surface area contributed by atoms with Gasteiger partial charge in [0.25, 0.3) is 5.91 Å². The first-order valence-corrected chi connectivity index (χ1v) is 11.4. The predicted molar refractivity (Wildman–Crippen MR) is 136 cm³/mol. The van der Waals surface area contributed by atoms with Gasteiger partial charge < -0.3 is 15.0 Å². The molecule has 0 fully saturated rings. The Balaban J connectivity index is 1.64. The van der Waals surface area contributed by atoms with Gasteiger partial charge >= 0.3 is 5.97 Å². The number of aromatic amines is 1. The van der Waals surface area contributed by atoms with Gasteiger partial charge in [-0.3, -0.25) is 9.69 Å². The standard InChI is InChI=1S/C27H19ClN4O3/c1-35-27(34)22-14-19-17-6-2-4-8-20(17)29-23(19)24(30-22)25-31-21-9-5-3-7-18(21)26(33)32(25)16-12-10-15(28)11-13-16/h2-14,25,29,31H,1H3. The first kappa shape index (κ1) is 21.2. The van der Waals surface area contributed by atoms with Gasteiger partial charge in [-0.15, -0.1) is 0 Å². The molecular formula is C27H19ClN4O3. The third-order valence-electron chi connectivity index (χ3n) is 6.21. The van der Waals surface area contributed by atoms with Crippen LogP contribution < -0.4 is 10.2 Å². The molecule has 0 spiro atoms. The van der Waals surface area contributed by atoms with Gasteiger partial charge in [-0.25, -0.2) is 9.78 Å². The van der Waals surface area contributed by atoms with Crippen LogP contribution in [0.2, 0.25) is 5.02 Å². The molecule has 1 amide bonds. The molecule has 7 nitrogen and oxygen atoms in total. The zero-order valence-electron chi connectivity index (χ0n) is 18.6. The fraction of sp³-hybridized carbons (Fsp3) is 0.0741. The maximum atomic E-state index is 13.8. The highest BCUT2D eigenvalue weighted by atomic mass is 35.5. The van der Waals surface area contributed by atoms with Crippen molar-refractivity contribution in [3.63, 3.8) is 0 Å². The Kier molecular flexibility index (Phi) is 4.93. The smallest absolute Gasteiger partial charge is 0.356 e. The number of H-pyrrole nitrogens is 1. The first-order chi connectivity index (χ1) is 17.0. The van der Waals surface area contributed by atoms with E-state index in [0.29, 0.717) is 27.7 Å². The minimum atomic E-state index is -0.709. The summed E-state index contributed by atoms with van der Waals surface area (Å²) >= 11 is 6.13. The monoisotopic (exact) mass is 482 g/mol. The number of para-hydroxylation sites is 2. The second-order valence-electron chi connectivity index (χ2n) is 8.22. The molecule has 0 saturated heterocycles. The van der Waals surface area contributed by atoms with Crippen molar-refractivity contribution in [1.29, 1.82) is 0 Å². The highest BCUT2D eigenvalue weighted by molar-refractivity contribution is 6.30. The Morgan fingerprint density at radius 1 is 1.00 bits per heavy atom. The Morgan fingerprint density at radius 3 is 2.54 bits per heavy atom. The van der Waals surface area contributed by atoms with Gasteiger partial charge in [0.2, 0.25) is 0 Å². The number of anilines is 2. The van der Waals surface area contributed by atoms with Crippen LogP contribution >= 0.6 is 11.6 Å². The normalized spacial score (nSPS) is 15.2. The van der Waals surface area contributed by atoms with Crippen LogP contribution in [0.15, 0.2) is 78.9 Å². The largest absolute Gasteiger partial charge is 0.464 e. The van der Waals surface area contributed by atoms with E-state index in [1.54, 1.807) is 41.3 Å². The topological polar surface area (TPSA) is 87.3 Å². The van der Waals surface area contributed by atoms with Crippen molar-refractivity contribution in [3.05, 3.63) is 101 Å². The zero-order valence-corrected chi connectivity index (χ0v) is 19.3. The van der Waals surface area contributed by atoms with Crippen molar-refractivity contribution in [1.82, 2.24) is 9.97 Å². The lowest BCUT2D eigenvalue weighted by Crippen LogP contribution is -2.43. The first-order valence-electron chi connectivity index (χ1n) is 11.0. The van der Waals surface area contributed by atoms with Crippen LogP contribution in [0.1, 0.15) is 32.7 Å². The van der Waals surface area contributed by atoms with E-state index in [4.69, 9.17) is 21.3 Å². The van der Waals surface area contributed by atoms with Crippen LogP contribution in [0.5, 0.6) is 0 Å². The van der Waals surface area contributed by atoms with Crippen LogP contribution in [-0.4, -0.2) is 29.0 Å². The predicted octanol–water partition coefficient (Wildman–Crippen LogP) is 5.93. The number of aromatic nitrogens is 2. The molecule has 0 aliphatic carbocycles. The maximum absolute atomic E-state index is 13.8. The molecule has 35 heavy (non-hydrogen) atoms. The number of fused-ring (bicyclic) bond motifs is 4. The second-order valence-corrected chi connectivity index (χ2v) is 8.66. The Morgan fingerprint density at radius 2 is 1.74 bits per heavy atom. The summed E-state index contributed by atoms with van der Waals surface area (Å²) in [5, 5.41) is 5.78. The molecular weight excluding hydrogens is 464 g/mol. The molecule has 5 aromatic rings. The lowest BCUT2D eigenvalue weighted by atomic mass is 10.0. The average Bonchev–Trinajstić information content (AvgIpc) is 3.27. The number of halogens is 1. The number of esters is 1. The number of ether oxygens (including phenoxy) is 1. The Bertz CT molecular complexity index is 1630. The van der Waals surface area contributed by atoms with E-state index in [2.05, 4.69) is 10.3 Å². The van der Waals surface area contributed by atoms with Crippen molar-refractivity contribution in [3.8, 4) is 0 Å². The Hall–Kier alpha value is -4.36. The number of nitrogens with one attached hydrogen (secondary N) is 2. The van der Waals surface area contributed by atoms with Gasteiger partial charge in [0.15, 0.2) is 6.17 Å². The molecule has 0 saturated carbocycles. The van der Waals surface area contributed by atoms with Crippen molar-refractivity contribution in [2.45, 2.75) is 6.17 Å². The second kappa shape index (κ2) is 8.14. The molecule has 3 aromatic carbocycles. The molecule has 3 heterocycles. The number of nitrogens with zero attached hydrogens (tertiary/aromatic N) is 2. The molecule has 6 rings (SSSR count). The quantitative estimate of drug-likeness (QED) is 0.311. The number of hydrogen-bond acceptors (Lipinski definition) is 5. The molecule has 0 radical (unpaired) electrons. The summed E-state index contributed by atoms with van der Waals surface area (Å²) in [6.07, 6.45) is -0.709. The SMILES string of the molecule is COC(=O)c1cc2c([nH]c3ccccc32)c(C2Nc3ccccc3C(=O)N2c2ccc(Cl)cc2)n1. The number of hydrogen-bond donors (Lipinski definition) is 2. The van der Waals surface area contributed by atoms with Crippen molar-refractivity contribution >= 4 is 56.7 Å². The van der Waals surface area contributed by atoms with Crippen LogP contribution in [-0.2, 0) is 4.74 Å².